The number of ether oxygens (including phenoxy) is 1. The van der Waals surface area contributed by atoms with Crippen LogP contribution in [0, 0.1) is 5.82 Å². The maximum Gasteiger partial charge on any atom is 0.141 e. The van der Waals surface area contributed by atoms with Gasteiger partial charge in [-0.05, 0) is 23.8 Å². The molecule has 0 aliphatic rings. The van der Waals surface area contributed by atoms with E-state index in [1.54, 1.807) is 31.6 Å². The van der Waals surface area contributed by atoms with E-state index in [4.69, 9.17) is 10.5 Å². The van der Waals surface area contributed by atoms with E-state index in [0.717, 1.165) is 11.8 Å². The fraction of sp³-hybridized carbons (Fsp3) is 0.167. The highest BCUT2D eigenvalue weighted by atomic mass is 19.1. The van der Waals surface area contributed by atoms with Gasteiger partial charge in [0.2, 0.25) is 0 Å². The molecule has 17 heavy (non-hydrogen) atoms. The third-order valence-corrected chi connectivity index (χ3v) is 2.40. The van der Waals surface area contributed by atoms with Crippen LogP contribution in [-0.4, -0.2) is 17.1 Å². The number of hydrogen-bond donors (Lipinski definition) is 1. The van der Waals surface area contributed by atoms with Gasteiger partial charge in [-0.1, -0.05) is 0 Å². The lowest BCUT2D eigenvalue weighted by Crippen LogP contribution is -2.13. The lowest BCUT2D eigenvalue weighted by Gasteiger charge is -2.11. The van der Waals surface area contributed by atoms with Crippen molar-refractivity contribution >= 4 is 0 Å². The molecule has 0 aromatic carbocycles. The van der Waals surface area contributed by atoms with Crippen LogP contribution in [0.15, 0.2) is 36.8 Å². The molecule has 2 heterocycles. The number of methoxy groups -OCH3 is 1. The van der Waals surface area contributed by atoms with E-state index in [-0.39, 0.29) is 5.82 Å². The minimum Gasteiger partial charge on any atom is -0.495 e. The third-order valence-electron chi connectivity index (χ3n) is 2.40. The van der Waals surface area contributed by atoms with E-state index >= 15 is 0 Å². The van der Waals surface area contributed by atoms with Crippen LogP contribution in [0.2, 0.25) is 0 Å². The summed E-state index contributed by atoms with van der Waals surface area (Å²) < 4.78 is 17.8. The van der Waals surface area contributed by atoms with Gasteiger partial charge in [-0.25, -0.2) is 4.39 Å². The Morgan fingerprint density at radius 1 is 1.29 bits per heavy atom. The van der Waals surface area contributed by atoms with E-state index in [0.29, 0.717) is 11.4 Å². The van der Waals surface area contributed by atoms with Crippen molar-refractivity contribution in [2.24, 2.45) is 5.73 Å². The summed E-state index contributed by atoms with van der Waals surface area (Å²) in [7, 11) is 1.56. The van der Waals surface area contributed by atoms with Crippen molar-refractivity contribution < 1.29 is 9.13 Å². The Labute approximate surface area is 98.3 Å². The molecule has 0 spiro atoms. The van der Waals surface area contributed by atoms with Crippen molar-refractivity contribution in [2.75, 3.05) is 7.11 Å². The quantitative estimate of drug-likeness (QED) is 0.876. The molecule has 0 bridgehead atoms. The Bertz CT molecular complexity index is 501. The van der Waals surface area contributed by atoms with Gasteiger partial charge >= 0.3 is 0 Å². The van der Waals surface area contributed by atoms with Gasteiger partial charge in [0.15, 0.2) is 0 Å². The van der Waals surface area contributed by atoms with Gasteiger partial charge in [-0.2, -0.15) is 0 Å². The highest BCUT2D eigenvalue weighted by Crippen LogP contribution is 2.20. The normalized spacial score (nSPS) is 12.2. The molecule has 2 N–H and O–H groups in total. The van der Waals surface area contributed by atoms with Crippen LogP contribution >= 0.6 is 0 Å². The first-order valence-electron chi connectivity index (χ1n) is 5.06. The maximum absolute atomic E-state index is 12.7. The van der Waals surface area contributed by atoms with E-state index in [1.807, 2.05) is 0 Å². The van der Waals surface area contributed by atoms with Crippen LogP contribution in [0.1, 0.15) is 17.3 Å². The number of hydrogen-bond acceptors (Lipinski definition) is 4. The predicted molar refractivity (Wildman–Crippen MR) is 61.0 cm³/mol. The van der Waals surface area contributed by atoms with Crippen molar-refractivity contribution in [3.8, 4) is 5.75 Å². The minimum absolute atomic E-state index is 0.385. The van der Waals surface area contributed by atoms with Crippen LogP contribution in [0.3, 0.4) is 0 Å². The molecule has 5 heteroatoms. The highest BCUT2D eigenvalue weighted by Gasteiger charge is 2.11. The monoisotopic (exact) mass is 233 g/mol. The summed E-state index contributed by atoms with van der Waals surface area (Å²) in [6.07, 6.45) is 4.37. The largest absolute Gasteiger partial charge is 0.495 e. The van der Waals surface area contributed by atoms with Crippen molar-refractivity contribution in [3.05, 3.63) is 53.9 Å². The van der Waals surface area contributed by atoms with Gasteiger partial charge in [0.05, 0.1) is 31.2 Å². The van der Waals surface area contributed by atoms with Crippen LogP contribution in [-0.2, 0) is 0 Å². The van der Waals surface area contributed by atoms with Gasteiger partial charge in [0, 0.05) is 6.20 Å². The molecule has 0 saturated carbocycles. The zero-order valence-corrected chi connectivity index (χ0v) is 9.30. The summed E-state index contributed by atoms with van der Waals surface area (Å²) >= 11 is 0. The summed E-state index contributed by atoms with van der Waals surface area (Å²) in [5.41, 5.74) is 7.36. The molecule has 0 radical (unpaired) electrons. The number of pyridine rings is 2. The molecule has 2 rings (SSSR count). The Morgan fingerprint density at radius 2 is 2.12 bits per heavy atom. The van der Waals surface area contributed by atoms with Crippen LogP contribution < -0.4 is 10.5 Å². The number of rotatable bonds is 3. The molecule has 1 unspecified atom stereocenters. The van der Waals surface area contributed by atoms with Crippen LogP contribution in [0.4, 0.5) is 4.39 Å². The average molecular weight is 233 g/mol. The summed E-state index contributed by atoms with van der Waals surface area (Å²) in [5, 5.41) is 0. The van der Waals surface area contributed by atoms with Crippen molar-refractivity contribution in [3.63, 3.8) is 0 Å². The van der Waals surface area contributed by atoms with Crippen LogP contribution in [0.25, 0.3) is 0 Å². The lowest BCUT2D eigenvalue weighted by molar-refractivity contribution is 0.412. The molecule has 4 nitrogen and oxygen atoms in total. The molecular weight excluding hydrogens is 221 g/mol. The molecule has 0 aliphatic carbocycles. The highest BCUT2D eigenvalue weighted by molar-refractivity contribution is 5.30. The topological polar surface area (TPSA) is 61.0 Å². The van der Waals surface area contributed by atoms with E-state index in [2.05, 4.69) is 9.97 Å². The average Bonchev–Trinajstić information content (AvgIpc) is 2.39. The molecule has 0 amide bonds. The van der Waals surface area contributed by atoms with Gasteiger partial charge in [0.1, 0.15) is 11.6 Å². The molecule has 2 aromatic rings. The first-order valence-corrected chi connectivity index (χ1v) is 5.06. The second-order valence-electron chi connectivity index (χ2n) is 3.54. The maximum atomic E-state index is 12.7. The lowest BCUT2D eigenvalue weighted by atomic mass is 10.1. The Hall–Kier alpha value is -2.01. The number of nitrogens with zero attached hydrogens (tertiary/aromatic N) is 2. The Morgan fingerprint density at radius 3 is 2.76 bits per heavy atom. The first-order chi connectivity index (χ1) is 8.20. The second kappa shape index (κ2) is 4.88. The summed E-state index contributed by atoms with van der Waals surface area (Å²) in [5.74, 6) is 0.241. The molecule has 2 aromatic heterocycles. The third kappa shape index (κ3) is 2.57. The van der Waals surface area contributed by atoms with Gasteiger partial charge in [-0.15, -0.1) is 0 Å². The molecular formula is C12H12FN3O. The van der Waals surface area contributed by atoms with Crippen LogP contribution in [0.5, 0.6) is 5.75 Å². The van der Waals surface area contributed by atoms with Crippen molar-refractivity contribution in [1.82, 2.24) is 9.97 Å². The summed E-state index contributed by atoms with van der Waals surface area (Å²) in [6, 6.07) is 4.22. The predicted octanol–water partition coefficient (Wildman–Crippen LogP) is 1.67. The minimum atomic E-state index is -0.446. The zero-order valence-electron chi connectivity index (χ0n) is 9.30. The van der Waals surface area contributed by atoms with Crippen molar-refractivity contribution in [2.45, 2.75) is 6.04 Å². The SMILES string of the molecule is COc1cncc(C(N)c2ccc(F)cn2)c1. The van der Waals surface area contributed by atoms with Crippen molar-refractivity contribution in [1.29, 1.82) is 0 Å². The first kappa shape index (κ1) is 11.5. The fourth-order valence-corrected chi connectivity index (χ4v) is 1.46. The van der Waals surface area contributed by atoms with E-state index in [9.17, 15) is 4.39 Å². The van der Waals surface area contributed by atoms with Gasteiger partial charge in [0.25, 0.3) is 0 Å². The summed E-state index contributed by atoms with van der Waals surface area (Å²) in [4.78, 5) is 7.95. The smallest absolute Gasteiger partial charge is 0.141 e. The van der Waals surface area contributed by atoms with E-state index < -0.39 is 6.04 Å². The van der Waals surface area contributed by atoms with Gasteiger partial charge < -0.3 is 10.5 Å². The Kier molecular flexibility index (Phi) is 3.30. The second-order valence-corrected chi connectivity index (χ2v) is 3.54. The summed E-state index contributed by atoms with van der Waals surface area (Å²) in [6.45, 7) is 0. The standard InChI is InChI=1S/C12H12FN3O/c1-17-10-4-8(5-15-7-10)12(14)11-3-2-9(13)6-16-11/h2-7,12H,14H2,1H3. The number of aromatic nitrogens is 2. The number of nitrogens with two attached hydrogens (primary N) is 1. The molecule has 1 atom stereocenters. The molecule has 0 fully saturated rings. The zero-order chi connectivity index (χ0) is 12.3. The molecule has 88 valence electrons. The number of halogens is 1. The van der Waals surface area contributed by atoms with E-state index in [1.165, 1.54) is 6.07 Å². The fourth-order valence-electron chi connectivity index (χ4n) is 1.46. The van der Waals surface area contributed by atoms with Gasteiger partial charge in [-0.3, -0.25) is 9.97 Å². The Balaban J connectivity index is 2.29. The molecule has 0 aliphatic heterocycles. The molecule has 0 saturated heterocycles.